The number of ether oxygens (including phenoxy) is 1. The van der Waals surface area contributed by atoms with E-state index in [1.54, 1.807) is 72.8 Å². The third kappa shape index (κ3) is 7.75. The highest BCUT2D eigenvalue weighted by Crippen LogP contribution is 2.27. The van der Waals surface area contributed by atoms with E-state index in [9.17, 15) is 19.2 Å². The summed E-state index contributed by atoms with van der Waals surface area (Å²) in [5.41, 5.74) is 1.66. The third-order valence-corrected chi connectivity index (χ3v) is 7.53. The van der Waals surface area contributed by atoms with Gasteiger partial charge in [0.15, 0.2) is 17.9 Å². The van der Waals surface area contributed by atoms with Gasteiger partial charge in [0.1, 0.15) is 11.8 Å². The Morgan fingerprint density at radius 2 is 1.53 bits per heavy atom. The molecule has 0 spiro atoms. The number of rotatable bonds is 8. The second-order valence-electron chi connectivity index (χ2n) is 10.8. The maximum Gasteiger partial charge on any atom is 0.254 e. The summed E-state index contributed by atoms with van der Waals surface area (Å²) < 4.78 is 6.42. The molecular formula is C34H38N4O5. The van der Waals surface area contributed by atoms with E-state index in [-0.39, 0.29) is 17.4 Å². The van der Waals surface area contributed by atoms with Crippen molar-refractivity contribution in [2.75, 3.05) is 14.1 Å². The molecule has 3 aromatic rings. The number of amides is 3. The first-order valence-electron chi connectivity index (χ1n) is 14.3. The molecule has 9 nitrogen and oxygen atoms in total. The first-order chi connectivity index (χ1) is 20.7. The molecule has 0 unspecified atom stereocenters. The molecule has 3 N–H and O–H groups in total. The Balaban J connectivity index is 1.83. The van der Waals surface area contributed by atoms with Crippen LogP contribution in [0.2, 0.25) is 0 Å². The molecule has 0 aromatic heterocycles. The number of carbonyl (C=O) groups excluding carboxylic acids is 4. The minimum Gasteiger partial charge on any atom is -0.483 e. The molecular weight excluding hydrogens is 544 g/mol. The smallest absolute Gasteiger partial charge is 0.254 e. The second kappa shape index (κ2) is 14.4. The molecule has 9 heteroatoms. The van der Waals surface area contributed by atoms with Crippen molar-refractivity contribution >= 4 is 29.6 Å². The van der Waals surface area contributed by atoms with Crippen LogP contribution in [0, 0.1) is 5.92 Å². The summed E-state index contributed by atoms with van der Waals surface area (Å²) in [5, 5.41) is 8.18. The number of carbonyl (C=O) groups is 4. The van der Waals surface area contributed by atoms with Crippen LogP contribution in [0.5, 0.6) is 5.75 Å². The number of benzene rings is 3. The van der Waals surface area contributed by atoms with Gasteiger partial charge in [-0.05, 0) is 49.3 Å². The summed E-state index contributed by atoms with van der Waals surface area (Å²) in [4.78, 5) is 56.8. The first-order valence-corrected chi connectivity index (χ1v) is 14.3. The third-order valence-electron chi connectivity index (χ3n) is 7.53. The molecule has 2 aliphatic heterocycles. The lowest BCUT2D eigenvalue weighted by atomic mass is 9.95. The van der Waals surface area contributed by atoms with Crippen molar-refractivity contribution in [2.24, 2.45) is 5.92 Å². The summed E-state index contributed by atoms with van der Waals surface area (Å²) in [6.07, 6.45) is 2.83. The van der Waals surface area contributed by atoms with Gasteiger partial charge in [-0.2, -0.15) is 0 Å². The average Bonchev–Trinajstić information content (AvgIpc) is 3.02. The number of Topliss-reactive ketones (excluding diaryl/α,β-unsaturated/α-hetero) is 1. The number of fused-ring (bicyclic) bond motifs is 10. The normalized spacial score (nSPS) is 21.0. The fraction of sp³-hybridized carbons (Fsp3) is 0.294. The summed E-state index contributed by atoms with van der Waals surface area (Å²) in [7, 11) is 3.62. The second-order valence-corrected chi connectivity index (χ2v) is 10.8. The summed E-state index contributed by atoms with van der Waals surface area (Å²) in [6, 6.07) is 21.0. The molecule has 3 aromatic carbocycles. The fourth-order valence-electron chi connectivity index (χ4n) is 5.07. The molecule has 2 heterocycles. The van der Waals surface area contributed by atoms with Gasteiger partial charge in [-0.3, -0.25) is 24.1 Å². The van der Waals surface area contributed by atoms with Crippen molar-refractivity contribution in [1.29, 1.82) is 0 Å². The molecule has 2 bridgehead atoms. The minimum atomic E-state index is -1.57. The van der Waals surface area contributed by atoms with Crippen LogP contribution in [0.4, 0.5) is 0 Å². The van der Waals surface area contributed by atoms with E-state index >= 15 is 0 Å². The Kier molecular flexibility index (Phi) is 10.5. The fourth-order valence-corrected chi connectivity index (χ4v) is 5.07. The average molecular weight is 583 g/mol. The maximum atomic E-state index is 14.2. The molecule has 5 atom stereocenters. The SMILES string of the molecule is CC[C@H](C)[C@@H](C(=O)N[C@@H]1C(=O)N[C@@H](C(=O)c2ccccc2)C(=O)N/C=C\c2ccc(cc2)O[C@@H]1c1ccccc1)N(C)C. The van der Waals surface area contributed by atoms with E-state index in [0.29, 0.717) is 11.3 Å². The van der Waals surface area contributed by atoms with E-state index in [1.807, 2.05) is 51.0 Å². The number of ketones is 1. The number of hydrogen-bond donors (Lipinski definition) is 3. The van der Waals surface area contributed by atoms with Gasteiger partial charge in [0.2, 0.25) is 11.8 Å². The summed E-state index contributed by atoms with van der Waals surface area (Å²) >= 11 is 0. The van der Waals surface area contributed by atoms with Gasteiger partial charge in [-0.15, -0.1) is 0 Å². The number of likely N-dealkylation sites (N-methyl/N-ethyl adjacent to an activating group) is 1. The van der Waals surface area contributed by atoms with E-state index in [0.717, 1.165) is 12.0 Å². The Labute approximate surface area is 252 Å². The quantitative estimate of drug-likeness (QED) is 0.275. The van der Waals surface area contributed by atoms with Gasteiger partial charge in [-0.1, -0.05) is 93.1 Å². The van der Waals surface area contributed by atoms with Crippen molar-refractivity contribution in [3.8, 4) is 5.75 Å². The predicted octanol–water partition coefficient (Wildman–Crippen LogP) is 3.74. The van der Waals surface area contributed by atoms with E-state index < -0.39 is 41.8 Å². The zero-order chi connectivity index (χ0) is 30.9. The molecule has 0 saturated carbocycles. The summed E-state index contributed by atoms with van der Waals surface area (Å²) in [6.45, 7) is 3.96. The van der Waals surface area contributed by atoms with Crippen LogP contribution in [-0.2, 0) is 14.4 Å². The summed E-state index contributed by atoms with van der Waals surface area (Å²) in [5.74, 6) is -1.99. The molecule has 43 heavy (non-hydrogen) atoms. The van der Waals surface area contributed by atoms with Crippen LogP contribution in [0.25, 0.3) is 6.08 Å². The van der Waals surface area contributed by atoms with E-state index in [2.05, 4.69) is 16.0 Å². The van der Waals surface area contributed by atoms with Crippen molar-refractivity contribution in [3.05, 3.63) is 108 Å². The van der Waals surface area contributed by atoms with Crippen LogP contribution < -0.4 is 20.7 Å². The van der Waals surface area contributed by atoms with Gasteiger partial charge in [0, 0.05) is 11.8 Å². The number of nitrogens with one attached hydrogen (secondary N) is 3. The van der Waals surface area contributed by atoms with Crippen molar-refractivity contribution < 1.29 is 23.9 Å². The largest absolute Gasteiger partial charge is 0.483 e. The monoisotopic (exact) mass is 582 g/mol. The van der Waals surface area contributed by atoms with Gasteiger partial charge in [0.25, 0.3) is 5.91 Å². The lowest BCUT2D eigenvalue weighted by molar-refractivity contribution is -0.135. The lowest BCUT2D eigenvalue weighted by Crippen LogP contribution is -2.60. The van der Waals surface area contributed by atoms with Crippen LogP contribution in [0.3, 0.4) is 0 Å². The van der Waals surface area contributed by atoms with Crippen LogP contribution in [0.1, 0.15) is 47.9 Å². The topological polar surface area (TPSA) is 117 Å². The Hall–Kier alpha value is -4.76. The van der Waals surface area contributed by atoms with Crippen LogP contribution in [-0.4, -0.2) is 60.6 Å². The number of hydrogen-bond acceptors (Lipinski definition) is 6. The van der Waals surface area contributed by atoms with E-state index in [1.165, 1.54) is 6.20 Å². The van der Waals surface area contributed by atoms with Crippen LogP contribution in [0.15, 0.2) is 91.1 Å². The molecule has 3 amide bonds. The molecule has 224 valence electrons. The van der Waals surface area contributed by atoms with Gasteiger partial charge < -0.3 is 20.7 Å². The van der Waals surface area contributed by atoms with Gasteiger partial charge in [-0.25, -0.2) is 0 Å². The van der Waals surface area contributed by atoms with Crippen molar-refractivity contribution in [2.45, 2.75) is 44.5 Å². The standard InChI is InChI=1S/C34H38N4O5/c1-5-22(2)29(38(3)4)34(42)37-28-31(25-14-10-7-11-15-25)43-26-18-16-23(17-19-26)20-21-35-32(40)27(36-33(28)41)30(39)24-12-8-6-9-13-24/h6-22,27-29,31H,5H2,1-4H3,(H,35,40)(H,36,41)(H,37,42)/b21-20-/t22-,27-,28-,29-,31+/m0/s1. The minimum absolute atomic E-state index is 0.0230. The zero-order valence-corrected chi connectivity index (χ0v) is 24.8. The molecule has 5 rings (SSSR count). The van der Waals surface area contributed by atoms with Crippen molar-refractivity contribution in [1.82, 2.24) is 20.9 Å². The van der Waals surface area contributed by atoms with Crippen molar-refractivity contribution in [3.63, 3.8) is 0 Å². The zero-order valence-electron chi connectivity index (χ0n) is 24.8. The Bertz CT molecular complexity index is 1440. The molecule has 2 aliphatic rings. The van der Waals surface area contributed by atoms with Gasteiger partial charge in [0.05, 0.1) is 6.04 Å². The van der Waals surface area contributed by atoms with Crippen LogP contribution >= 0.6 is 0 Å². The molecule has 0 radical (unpaired) electrons. The van der Waals surface area contributed by atoms with E-state index in [4.69, 9.17) is 4.74 Å². The van der Waals surface area contributed by atoms with Gasteiger partial charge >= 0.3 is 0 Å². The first kappa shape index (κ1) is 31.2. The molecule has 0 fully saturated rings. The maximum absolute atomic E-state index is 14.2. The molecule has 0 aliphatic carbocycles. The Morgan fingerprint density at radius 3 is 2.14 bits per heavy atom. The molecule has 0 saturated heterocycles. The Morgan fingerprint density at radius 1 is 0.907 bits per heavy atom. The highest BCUT2D eigenvalue weighted by molar-refractivity contribution is 6.15. The lowest BCUT2D eigenvalue weighted by Gasteiger charge is -2.33. The predicted molar refractivity (Wildman–Crippen MR) is 165 cm³/mol. The highest BCUT2D eigenvalue weighted by atomic mass is 16.5. The number of nitrogens with zero attached hydrogens (tertiary/aromatic N) is 1. The highest BCUT2D eigenvalue weighted by Gasteiger charge is 2.39.